The molecule has 0 saturated carbocycles. The van der Waals surface area contributed by atoms with E-state index in [2.05, 4.69) is 103 Å². The Morgan fingerprint density at radius 3 is 2.27 bits per heavy atom. The van der Waals surface area contributed by atoms with Gasteiger partial charge >= 0.3 is 0 Å². The Morgan fingerprint density at radius 1 is 0.692 bits per heavy atom. The fraction of sp³-hybridized carbons (Fsp3) is 0.0870. The third-order valence-electron chi connectivity index (χ3n) is 9.65. The number of aromatic nitrogens is 3. The van der Waals surface area contributed by atoms with Gasteiger partial charge in [-0.25, -0.2) is 4.98 Å². The van der Waals surface area contributed by atoms with Gasteiger partial charge in [-0.1, -0.05) is 111 Å². The second-order valence-electron chi connectivity index (χ2n) is 13.9. The zero-order valence-electron chi connectivity index (χ0n) is 28.9. The smallest absolute Gasteiger partial charge is 0.152 e. The fourth-order valence-electron chi connectivity index (χ4n) is 7.07. The first-order chi connectivity index (χ1) is 24.8. The standard InChI is InChI=1S/C46H34N3O2.Pt/c1-46(2,3)32-22-24-38(36(28-32)29-13-5-4-6-14-29)49-39-20-12-18-33(30-15-11-16-31(27-30)37-19-9-10-26-47-37)43(39)48-45(49)42-40(50)25-23-35-34-17-7-8-21-41(34)51-44(35)42;/h4-26,28,50H,1-3H3;/q-1;. The minimum Gasteiger partial charge on any atom is -0.507 e. The van der Waals surface area contributed by atoms with Crippen molar-refractivity contribution < 1.29 is 30.6 Å². The van der Waals surface area contributed by atoms with E-state index in [0.29, 0.717) is 17.0 Å². The van der Waals surface area contributed by atoms with Crippen LogP contribution in [0.15, 0.2) is 150 Å². The summed E-state index contributed by atoms with van der Waals surface area (Å²) in [4.78, 5) is 10.0. The predicted octanol–water partition coefficient (Wildman–Crippen LogP) is 11.8. The number of para-hydroxylation sites is 2. The van der Waals surface area contributed by atoms with Crippen LogP contribution in [0.3, 0.4) is 0 Å². The van der Waals surface area contributed by atoms with E-state index in [-0.39, 0.29) is 32.2 Å². The van der Waals surface area contributed by atoms with Crippen molar-refractivity contribution in [1.82, 2.24) is 14.5 Å². The van der Waals surface area contributed by atoms with Crippen LogP contribution < -0.4 is 0 Å². The third-order valence-corrected chi connectivity index (χ3v) is 9.65. The molecule has 1 N–H and O–H groups in total. The van der Waals surface area contributed by atoms with Gasteiger partial charge in [-0.15, -0.1) is 29.8 Å². The molecule has 0 spiro atoms. The average Bonchev–Trinajstić information content (AvgIpc) is 3.73. The molecule has 0 unspecified atom stereocenters. The number of pyridine rings is 1. The van der Waals surface area contributed by atoms with E-state index in [4.69, 9.17) is 9.40 Å². The molecule has 5 nitrogen and oxygen atoms in total. The van der Waals surface area contributed by atoms with Gasteiger partial charge < -0.3 is 9.52 Å². The number of fused-ring (bicyclic) bond motifs is 4. The van der Waals surface area contributed by atoms with Crippen LogP contribution in [-0.4, -0.2) is 19.6 Å². The quantitative estimate of drug-likeness (QED) is 0.175. The maximum Gasteiger partial charge on any atom is 0.152 e. The normalized spacial score (nSPS) is 11.7. The average molecular weight is 856 g/mol. The van der Waals surface area contributed by atoms with Crippen molar-refractivity contribution in [3.63, 3.8) is 0 Å². The van der Waals surface area contributed by atoms with Crippen molar-refractivity contribution in [2.24, 2.45) is 0 Å². The van der Waals surface area contributed by atoms with Gasteiger partial charge in [-0.3, -0.25) is 9.55 Å². The minimum atomic E-state index is -0.0678. The van der Waals surface area contributed by atoms with Gasteiger partial charge in [0.2, 0.25) is 0 Å². The SMILES string of the molecule is CC(C)(C)c1ccc(-n2c(-c3c(O)ccc4c3oc3ccccc34)nc3c(-c4[c-]c(-c5ccccn5)ccc4)cccc32)c(-c2ccccc2)c1.[Pt]. The van der Waals surface area contributed by atoms with E-state index in [1.165, 1.54) is 5.56 Å². The van der Waals surface area contributed by atoms with Crippen molar-refractivity contribution in [1.29, 1.82) is 0 Å². The number of furan rings is 1. The van der Waals surface area contributed by atoms with Gasteiger partial charge in [-0.2, -0.15) is 0 Å². The third kappa shape index (κ3) is 5.62. The van der Waals surface area contributed by atoms with Crippen LogP contribution in [0.2, 0.25) is 0 Å². The summed E-state index contributed by atoms with van der Waals surface area (Å²) in [6.45, 7) is 6.70. The molecule has 3 heterocycles. The molecule has 0 aliphatic carbocycles. The molecule has 52 heavy (non-hydrogen) atoms. The molecule has 3 aromatic heterocycles. The number of phenols is 1. The molecular weight excluding hydrogens is 822 g/mol. The van der Waals surface area contributed by atoms with Crippen molar-refractivity contribution in [3.05, 3.63) is 157 Å². The topological polar surface area (TPSA) is 64.1 Å². The summed E-state index contributed by atoms with van der Waals surface area (Å²) in [7, 11) is 0. The number of phenolic OH excluding ortho intramolecular Hbond substituents is 1. The molecule has 9 rings (SSSR count). The number of hydrogen-bond acceptors (Lipinski definition) is 4. The number of nitrogens with zero attached hydrogens (tertiary/aromatic N) is 3. The molecule has 0 fully saturated rings. The number of benzene rings is 6. The number of hydrogen-bond donors (Lipinski definition) is 1. The Morgan fingerprint density at radius 2 is 1.46 bits per heavy atom. The Labute approximate surface area is 316 Å². The van der Waals surface area contributed by atoms with Crippen molar-refractivity contribution in [2.75, 3.05) is 0 Å². The molecule has 0 atom stereocenters. The Kier molecular flexibility index (Phi) is 8.40. The summed E-state index contributed by atoms with van der Waals surface area (Å²) in [5, 5.41) is 13.6. The van der Waals surface area contributed by atoms with Gasteiger partial charge in [0.1, 0.15) is 22.5 Å². The summed E-state index contributed by atoms with van der Waals surface area (Å²) in [6.07, 6.45) is 1.80. The van der Waals surface area contributed by atoms with Crippen LogP contribution in [0, 0.1) is 6.07 Å². The van der Waals surface area contributed by atoms with Crippen LogP contribution in [0.1, 0.15) is 26.3 Å². The minimum absolute atomic E-state index is 0. The summed E-state index contributed by atoms with van der Waals surface area (Å²) < 4.78 is 8.72. The van der Waals surface area contributed by atoms with E-state index in [1.807, 2.05) is 66.7 Å². The second kappa shape index (κ2) is 13.1. The summed E-state index contributed by atoms with van der Waals surface area (Å²) in [5.74, 6) is 0.678. The van der Waals surface area contributed by atoms with E-state index in [9.17, 15) is 5.11 Å². The first kappa shape index (κ1) is 33.4. The summed E-state index contributed by atoms with van der Waals surface area (Å²) >= 11 is 0. The molecule has 6 heteroatoms. The van der Waals surface area contributed by atoms with Crippen LogP contribution >= 0.6 is 0 Å². The van der Waals surface area contributed by atoms with Crippen LogP contribution in [0.4, 0.5) is 0 Å². The predicted molar refractivity (Wildman–Crippen MR) is 207 cm³/mol. The van der Waals surface area contributed by atoms with Gasteiger partial charge in [0, 0.05) is 49.3 Å². The van der Waals surface area contributed by atoms with E-state index < -0.39 is 0 Å². The molecule has 0 amide bonds. The molecule has 0 radical (unpaired) electrons. The van der Waals surface area contributed by atoms with Gasteiger partial charge in [0.15, 0.2) is 5.82 Å². The van der Waals surface area contributed by atoms with Crippen LogP contribution in [0.5, 0.6) is 5.75 Å². The summed E-state index contributed by atoms with van der Waals surface area (Å²) in [6, 6.07) is 50.7. The molecule has 6 aromatic carbocycles. The van der Waals surface area contributed by atoms with E-state index in [0.717, 1.165) is 66.6 Å². The molecule has 0 saturated heterocycles. The van der Waals surface area contributed by atoms with Gasteiger partial charge in [-0.05, 0) is 59.0 Å². The Balaban J connectivity index is 0.00000387. The van der Waals surface area contributed by atoms with Crippen molar-refractivity contribution >= 4 is 33.0 Å². The molecule has 0 aliphatic heterocycles. The Hall–Kier alpha value is -5.77. The van der Waals surface area contributed by atoms with E-state index >= 15 is 0 Å². The first-order valence-electron chi connectivity index (χ1n) is 17.1. The van der Waals surface area contributed by atoms with Crippen LogP contribution in [0.25, 0.3) is 83.6 Å². The number of aromatic hydroxyl groups is 1. The molecule has 0 aliphatic rings. The van der Waals surface area contributed by atoms with Crippen molar-refractivity contribution in [3.8, 4) is 56.3 Å². The number of rotatable bonds is 5. The monoisotopic (exact) mass is 855 g/mol. The van der Waals surface area contributed by atoms with Gasteiger partial charge in [0.25, 0.3) is 0 Å². The zero-order chi connectivity index (χ0) is 34.7. The molecule has 256 valence electrons. The molecule has 9 aromatic rings. The summed E-state index contributed by atoms with van der Waals surface area (Å²) in [5.41, 5.74) is 11.4. The maximum atomic E-state index is 11.7. The van der Waals surface area contributed by atoms with Crippen LogP contribution in [-0.2, 0) is 26.5 Å². The van der Waals surface area contributed by atoms with Crippen molar-refractivity contribution in [2.45, 2.75) is 26.2 Å². The zero-order valence-corrected chi connectivity index (χ0v) is 31.1. The first-order valence-corrected chi connectivity index (χ1v) is 17.1. The fourth-order valence-corrected chi connectivity index (χ4v) is 7.07. The Bertz CT molecular complexity index is 2740. The molecule has 0 bridgehead atoms. The maximum absolute atomic E-state index is 11.7. The largest absolute Gasteiger partial charge is 0.507 e. The molecular formula is C46H34N3O2Pt-. The van der Waals surface area contributed by atoms with E-state index in [1.54, 1.807) is 12.3 Å². The second-order valence-corrected chi connectivity index (χ2v) is 13.9. The number of imidazole rings is 1. The van der Waals surface area contributed by atoms with Gasteiger partial charge in [0.05, 0.1) is 16.7 Å².